The molecular formula is C17H15N3O2. The summed E-state index contributed by atoms with van der Waals surface area (Å²) in [4.78, 5) is 8.72. The van der Waals surface area contributed by atoms with Gasteiger partial charge in [-0.2, -0.15) is 0 Å². The molecule has 3 aromatic rings. The van der Waals surface area contributed by atoms with Crippen molar-refractivity contribution < 1.29 is 9.15 Å². The number of furan rings is 1. The Morgan fingerprint density at radius 1 is 1.09 bits per heavy atom. The van der Waals surface area contributed by atoms with Gasteiger partial charge in [0.2, 0.25) is 5.95 Å². The fraction of sp³-hybridized carbons (Fsp3) is 0.176. The maximum atomic E-state index is 5.92. The predicted octanol–water partition coefficient (Wildman–Crippen LogP) is 3.13. The molecule has 0 spiro atoms. The lowest BCUT2D eigenvalue weighted by atomic mass is 10.0. The highest BCUT2D eigenvalue weighted by atomic mass is 16.5. The number of hydrogen-bond acceptors (Lipinski definition) is 5. The summed E-state index contributed by atoms with van der Waals surface area (Å²) in [7, 11) is 0. The van der Waals surface area contributed by atoms with E-state index in [1.807, 2.05) is 30.3 Å². The summed E-state index contributed by atoms with van der Waals surface area (Å²) in [5.41, 5.74) is 9.63. The molecule has 5 heteroatoms. The number of fused-ring (bicyclic) bond motifs is 1. The maximum absolute atomic E-state index is 5.92. The minimum Gasteiger partial charge on any atom is -0.463 e. The highest BCUT2D eigenvalue weighted by Gasteiger charge is 2.30. The molecule has 2 N–H and O–H groups in total. The summed E-state index contributed by atoms with van der Waals surface area (Å²) < 4.78 is 11.4. The highest BCUT2D eigenvalue weighted by Crippen LogP contribution is 2.37. The van der Waals surface area contributed by atoms with Crippen molar-refractivity contribution in [2.24, 2.45) is 0 Å². The number of nitrogens with zero attached hydrogens (tertiary/aromatic N) is 2. The lowest BCUT2D eigenvalue weighted by Crippen LogP contribution is -2.07. The number of nitrogens with two attached hydrogens (primary N) is 1. The normalized spacial score (nSPS) is 16.6. The van der Waals surface area contributed by atoms with Gasteiger partial charge in [0, 0.05) is 12.0 Å². The van der Waals surface area contributed by atoms with Crippen molar-refractivity contribution in [2.75, 3.05) is 5.73 Å². The summed E-state index contributed by atoms with van der Waals surface area (Å²) >= 11 is 0. The fourth-order valence-electron chi connectivity index (χ4n) is 2.79. The van der Waals surface area contributed by atoms with Crippen molar-refractivity contribution in [2.45, 2.75) is 19.1 Å². The van der Waals surface area contributed by atoms with Crippen LogP contribution in [0.15, 0.2) is 53.1 Å². The van der Waals surface area contributed by atoms with Crippen LogP contribution >= 0.6 is 0 Å². The van der Waals surface area contributed by atoms with Crippen molar-refractivity contribution in [3.8, 4) is 11.5 Å². The van der Waals surface area contributed by atoms with Gasteiger partial charge in [0.25, 0.3) is 0 Å². The lowest BCUT2D eigenvalue weighted by molar-refractivity contribution is 0.0649. The van der Waals surface area contributed by atoms with Crippen LogP contribution in [0.2, 0.25) is 0 Å². The zero-order chi connectivity index (χ0) is 14.9. The zero-order valence-electron chi connectivity index (χ0n) is 11.9. The molecule has 1 unspecified atom stereocenters. The first-order chi connectivity index (χ1) is 10.8. The summed E-state index contributed by atoms with van der Waals surface area (Å²) in [5.74, 6) is 0.933. The van der Waals surface area contributed by atoms with Gasteiger partial charge in [0.05, 0.1) is 18.6 Å². The number of benzene rings is 1. The van der Waals surface area contributed by atoms with E-state index in [2.05, 4.69) is 22.1 Å². The molecule has 3 heterocycles. The Bertz CT molecular complexity index is 785. The lowest BCUT2D eigenvalue weighted by Gasteiger charge is -2.11. The van der Waals surface area contributed by atoms with E-state index in [0.717, 1.165) is 23.4 Å². The van der Waals surface area contributed by atoms with Crippen molar-refractivity contribution in [1.29, 1.82) is 0 Å². The van der Waals surface area contributed by atoms with Gasteiger partial charge < -0.3 is 14.9 Å². The molecule has 0 bridgehead atoms. The third-order valence-corrected chi connectivity index (χ3v) is 3.81. The molecule has 0 radical (unpaired) electrons. The first kappa shape index (κ1) is 13.0. The first-order valence-electron chi connectivity index (χ1n) is 7.17. The third-order valence-electron chi connectivity index (χ3n) is 3.81. The number of hydrogen-bond donors (Lipinski definition) is 1. The highest BCUT2D eigenvalue weighted by molar-refractivity contribution is 5.60. The Labute approximate surface area is 127 Å². The molecule has 1 aromatic carbocycles. The maximum Gasteiger partial charge on any atom is 0.221 e. The Morgan fingerprint density at radius 3 is 2.73 bits per heavy atom. The summed E-state index contributed by atoms with van der Waals surface area (Å²) in [6, 6.07) is 13.9. The van der Waals surface area contributed by atoms with Crippen LogP contribution in [0.3, 0.4) is 0 Å². The SMILES string of the molecule is Nc1nc(-c2ccco2)c2c(n1)C(Cc1ccccc1)OC2. The molecule has 5 nitrogen and oxygen atoms in total. The van der Waals surface area contributed by atoms with Crippen LogP contribution in [0.4, 0.5) is 5.95 Å². The van der Waals surface area contributed by atoms with Crippen LogP contribution in [-0.2, 0) is 17.8 Å². The Balaban J connectivity index is 1.73. The molecule has 1 atom stereocenters. The summed E-state index contributed by atoms with van der Waals surface area (Å²) in [6.07, 6.45) is 2.29. The van der Waals surface area contributed by atoms with Crippen LogP contribution in [-0.4, -0.2) is 9.97 Å². The van der Waals surface area contributed by atoms with E-state index in [1.54, 1.807) is 6.26 Å². The number of rotatable bonds is 3. The smallest absolute Gasteiger partial charge is 0.221 e. The standard InChI is InChI=1S/C17H15N3O2/c18-17-19-15(13-7-4-8-21-13)12-10-22-14(16(12)20-17)9-11-5-2-1-3-6-11/h1-8,14H,9-10H2,(H2,18,19,20). The molecular weight excluding hydrogens is 278 g/mol. The van der Waals surface area contributed by atoms with Crippen LogP contribution in [0.5, 0.6) is 0 Å². The van der Waals surface area contributed by atoms with Gasteiger partial charge in [0.15, 0.2) is 5.76 Å². The molecule has 0 fully saturated rings. The van der Waals surface area contributed by atoms with Crippen molar-refractivity contribution in [3.63, 3.8) is 0 Å². The second kappa shape index (κ2) is 5.27. The average Bonchev–Trinajstić information content (AvgIpc) is 3.18. The summed E-state index contributed by atoms with van der Waals surface area (Å²) in [6.45, 7) is 0.475. The van der Waals surface area contributed by atoms with E-state index in [4.69, 9.17) is 14.9 Å². The topological polar surface area (TPSA) is 74.2 Å². The number of ether oxygens (including phenoxy) is 1. The monoisotopic (exact) mass is 293 g/mol. The van der Waals surface area contributed by atoms with Crippen LogP contribution in [0, 0.1) is 0 Å². The van der Waals surface area contributed by atoms with E-state index in [9.17, 15) is 0 Å². The Morgan fingerprint density at radius 2 is 1.95 bits per heavy atom. The Kier molecular flexibility index (Phi) is 3.12. The second-order valence-corrected chi connectivity index (χ2v) is 5.26. The predicted molar refractivity (Wildman–Crippen MR) is 81.8 cm³/mol. The van der Waals surface area contributed by atoms with Crippen molar-refractivity contribution in [1.82, 2.24) is 9.97 Å². The van der Waals surface area contributed by atoms with Gasteiger partial charge in [-0.05, 0) is 17.7 Å². The third kappa shape index (κ3) is 2.25. The van der Waals surface area contributed by atoms with Gasteiger partial charge in [0.1, 0.15) is 11.8 Å². The largest absolute Gasteiger partial charge is 0.463 e. The van der Waals surface area contributed by atoms with Crippen molar-refractivity contribution in [3.05, 3.63) is 65.5 Å². The molecule has 110 valence electrons. The molecule has 4 rings (SSSR count). The van der Waals surface area contributed by atoms with Gasteiger partial charge in [-0.1, -0.05) is 30.3 Å². The molecule has 1 aliphatic heterocycles. The van der Waals surface area contributed by atoms with Gasteiger partial charge >= 0.3 is 0 Å². The minimum absolute atomic E-state index is 0.101. The van der Waals surface area contributed by atoms with Crippen molar-refractivity contribution >= 4 is 5.95 Å². The van der Waals surface area contributed by atoms with E-state index in [1.165, 1.54) is 5.56 Å². The molecule has 0 saturated carbocycles. The number of anilines is 1. The molecule has 0 aliphatic carbocycles. The van der Waals surface area contributed by atoms with Gasteiger partial charge in [-0.25, -0.2) is 9.97 Å². The number of nitrogen functional groups attached to an aromatic ring is 1. The van der Waals surface area contributed by atoms with E-state index in [0.29, 0.717) is 12.4 Å². The second-order valence-electron chi connectivity index (χ2n) is 5.26. The minimum atomic E-state index is -0.101. The molecule has 22 heavy (non-hydrogen) atoms. The number of aromatic nitrogens is 2. The van der Waals surface area contributed by atoms with E-state index >= 15 is 0 Å². The molecule has 2 aromatic heterocycles. The summed E-state index contributed by atoms with van der Waals surface area (Å²) in [5, 5.41) is 0. The molecule has 0 amide bonds. The molecule has 1 aliphatic rings. The first-order valence-corrected chi connectivity index (χ1v) is 7.17. The zero-order valence-corrected chi connectivity index (χ0v) is 11.9. The van der Waals surface area contributed by atoms with E-state index in [-0.39, 0.29) is 12.1 Å². The average molecular weight is 293 g/mol. The van der Waals surface area contributed by atoms with Crippen LogP contribution in [0.25, 0.3) is 11.5 Å². The van der Waals surface area contributed by atoms with Crippen LogP contribution < -0.4 is 5.73 Å². The fourth-order valence-corrected chi connectivity index (χ4v) is 2.79. The van der Waals surface area contributed by atoms with E-state index < -0.39 is 0 Å². The molecule has 0 saturated heterocycles. The quantitative estimate of drug-likeness (QED) is 0.803. The van der Waals surface area contributed by atoms with Crippen LogP contribution in [0.1, 0.15) is 22.9 Å². The van der Waals surface area contributed by atoms with Gasteiger partial charge in [-0.15, -0.1) is 0 Å². The van der Waals surface area contributed by atoms with Gasteiger partial charge in [-0.3, -0.25) is 0 Å². The Hall–Kier alpha value is -2.66.